The summed E-state index contributed by atoms with van der Waals surface area (Å²) < 4.78 is 35.3. The Kier molecular flexibility index (Phi) is 5.87. The molecule has 1 aromatic heterocycles. The van der Waals surface area contributed by atoms with Crippen molar-refractivity contribution in [3.05, 3.63) is 73.1 Å². The van der Waals surface area contributed by atoms with Crippen LogP contribution in [-0.2, 0) is 23.7 Å². The number of aryl methyl sites for hydroxylation is 2. The molecule has 3 rings (SSSR count). The SMILES string of the molecule is C[n+]1ccn(CCCS(=O)(=O)O)c1P(c1ccccc1)c1ccccc1. The molecule has 0 spiro atoms. The molecule has 5 nitrogen and oxygen atoms in total. The summed E-state index contributed by atoms with van der Waals surface area (Å²) in [5.74, 6) is -0.233. The third-order valence-electron chi connectivity index (χ3n) is 4.07. The van der Waals surface area contributed by atoms with E-state index in [-0.39, 0.29) is 5.75 Å². The van der Waals surface area contributed by atoms with Crippen molar-refractivity contribution in [2.24, 2.45) is 7.05 Å². The predicted octanol–water partition coefficient (Wildman–Crippen LogP) is 1.35. The molecular weight excluding hydrogens is 367 g/mol. The lowest BCUT2D eigenvalue weighted by atomic mass is 10.4. The summed E-state index contributed by atoms with van der Waals surface area (Å²) in [5, 5.41) is 2.47. The Hall–Kier alpha value is -2.01. The Morgan fingerprint density at radius 1 is 1.00 bits per heavy atom. The van der Waals surface area contributed by atoms with E-state index in [9.17, 15) is 8.42 Å². The summed E-state index contributed by atoms with van der Waals surface area (Å²) in [6.07, 6.45) is 4.33. The van der Waals surface area contributed by atoms with Crippen LogP contribution in [0.3, 0.4) is 0 Å². The molecule has 0 saturated heterocycles. The van der Waals surface area contributed by atoms with Crippen molar-refractivity contribution in [3.8, 4) is 0 Å². The van der Waals surface area contributed by atoms with Crippen LogP contribution in [-0.4, -0.2) is 23.3 Å². The van der Waals surface area contributed by atoms with Gasteiger partial charge in [0.25, 0.3) is 15.7 Å². The Labute approximate surface area is 155 Å². The summed E-state index contributed by atoms with van der Waals surface area (Å²) in [7, 11) is -2.71. The fraction of sp³-hybridized carbons (Fsp3) is 0.211. The van der Waals surface area contributed by atoms with E-state index < -0.39 is 18.0 Å². The van der Waals surface area contributed by atoms with Gasteiger partial charge in [-0.1, -0.05) is 60.7 Å². The molecule has 7 heteroatoms. The fourth-order valence-electron chi connectivity index (χ4n) is 2.93. The summed E-state index contributed by atoms with van der Waals surface area (Å²) in [6, 6.07) is 20.7. The van der Waals surface area contributed by atoms with Crippen LogP contribution in [0.2, 0.25) is 0 Å². The smallest absolute Gasteiger partial charge is 0.285 e. The van der Waals surface area contributed by atoms with E-state index in [1.165, 1.54) is 10.6 Å². The van der Waals surface area contributed by atoms with E-state index in [0.717, 1.165) is 5.57 Å². The Bertz CT molecular complexity index is 917. The zero-order valence-corrected chi connectivity index (χ0v) is 16.3. The molecule has 0 unspecified atom stereocenters. The van der Waals surface area contributed by atoms with Gasteiger partial charge in [-0.2, -0.15) is 8.42 Å². The van der Waals surface area contributed by atoms with Crippen molar-refractivity contribution in [3.63, 3.8) is 0 Å². The second kappa shape index (κ2) is 8.12. The summed E-state index contributed by atoms with van der Waals surface area (Å²) >= 11 is 0. The Balaban J connectivity index is 2.01. The third kappa shape index (κ3) is 4.58. The van der Waals surface area contributed by atoms with E-state index >= 15 is 0 Å². The van der Waals surface area contributed by atoms with Gasteiger partial charge in [0, 0.05) is 6.42 Å². The number of nitrogens with zero attached hydrogens (tertiary/aromatic N) is 2. The first-order valence-corrected chi connectivity index (χ1v) is 11.3. The quantitative estimate of drug-likeness (QED) is 0.377. The Morgan fingerprint density at radius 3 is 2.04 bits per heavy atom. The van der Waals surface area contributed by atoms with E-state index in [0.29, 0.717) is 13.0 Å². The van der Waals surface area contributed by atoms with Gasteiger partial charge in [0.05, 0.1) is 27.3 Å². The van der Waals surface area contributed by atoms with Gasteiger partial charge in [0.15, 0.2) is 0 Å². The highest BCUT2D eigenvalue weighted by Crippen LogP contribution is 2.31. The van der Waals surface area contributed by atoms with Crippen molar-refractivity contribution in [1.29, 1.82) is 0 Å². The number of hydrogen-bond acceptors (Lipinski definition) is 2. The van der Waals surface area contributed by atoms with Gasteiger partial charge in [0.1, 0.15) is 12.4 Å². The van der Waals surface area contributed by atoms with Gasteiger partial charge in [-0.05, 0) is 10.6 Å². The van der Waals surface area contributed by atoms with Gasteiger partial charge in [-0.3, -0.25) is 4.55 Å². The normalized spacial score (nSPS) is 11.8. The minimum atomic E-state index is -3.94. The number of rotatable bonds is 7. The van der Waals surface area contributed by atoms with Crippen molar-refractivity contribution in [2.45, 2.75) is 13.0 Å². The fourth-order valence-corrected chi connectivity index (χ4v) is 5.93. The second-order valence-corrected chi connectivity index (χ2v) is 9.72. The molecule has 0 aliphatic rings. The monoisotopic (exact) mass is 389 g/mol. The van der Waals surface area contributed by atoms with Crippen LogP contribution in [0.5, 0.6) is 0 Å². The van der Waals surface area contributed by atoms with Gasteiger partial charge in [0.2, 0.25) is 0 Å². The van der Waals surface area contributed by atoms with Gasteiger partial charge < -0.3 is 0 Å². The minimum Gasteiger partial charge on any atom is -0.286 e. The molecule has 0 bridgehead atoms. The van der Waals surface area contributed by atoms with Crippen LogP contribution in [0.1, 0.15) is 6.42 Å². The summed E-state index contributed by atoms with van der Waals surface area (Å²) in [4.78, 5) is 0. The van der Waals surface area contributed by atoms with Crippen LogP contribution in [0.4, 0.5) is 0 Å². The standard InChI is InChI=1S/C19H21N2O3PS/c1-20-14-15-21(13-8-16-26(22,23)24)19(20)25(17-9-4-2-5-10-17)18-11-6-3-7-12-18/h2-7,9-12,14-15H,8,13,16H2,1H3/p+1. The van der Waals surface area contributed by atoms with Gasteiger partial charge in [-0.15, -0.1) is 0 Å². The molecular formula is C19H22N2O3PS+. The average Bonchev–Trinajstić information content (AvgIpc) is 2.97. The van der Waals surface area contributed by atoms with Crippen LogP contribution in [0.25, 0.3) is 0 Å². The topological polar surface area (TPSA) is 63.2 Å². The highest BCUT2D eigenvalue weighted by molar-refractivity contribution is 7.85. The summed E-state index contributed by atoms with van der Waals surface area (Å²) in [5.41, 5.74) is 1.13. The van der Waals surface area contributed by atoms with Gasteiger partial charge in [-0.25, -0.2) is 9.13 Å². The van der Waals surface area contributed by atoms with E-state index in [1.54, 1.807) is 0 Å². The molecule has 0 atom stereocenters. The first-order valence-electron chi connectivity index (χ1n) is 8.36. The van der Waals surface area contributed by atoms with Crippen LogP contribution in [0.15, 0.2) is 73.1 Å². The van der Waals surface area contributed by atoms with Crippen molar-refractivity contribution >= 4 is 34.2 Å². The molecule has 0 amide bonds. The average molecular weight is 389 g/mol. The first kappa shape index (κ1) is 18.8. The molecule has 3 aromatic rings. The maximum Gasteiger partial charge on any atom is 0.285 e. The van der Waals surface area contributed by atoms with E-state index in [2.05, 4.69) is 33.4 Å². The minimum absolute atomic E-state index is 0.233. The van der Waals surface area contributed by atoms with Crippen LogP contribution < -0.4 is 20.7 Å². The lowest BCUT2D eigenvalue weighted by Crippen LogP contribution is -2.48. The zero-order valence-electron chi connectivity index (χ0n) is 14.6. The molecule has 1 N–H and O–H groups in total. The number of benzene rings is 2. The molecule has 0 aliphatic carbocycles. The molecule has 1 heterocycles. The lowest BCUT2D eigenvalue weighted by molar-refractivity contribution is -0.652. The third-order valence-corrected chi connectivity index (χ3v) is 7.48. The molecule has 136 valence electrons. The molecule has 26 heavy (non-hydrogen) atoms. The molecule has 0 fully saturated rings. The van der Waals surface area contributed by atoms with Crippen LogP contribution in [0, 0.1) is 0 Å². The molecule has 0 saturated carbocycles. The van der Waals surface area contributed by atoms with E-state index in [1.807, 2.05) is 55.8 Å². The molecule has 0 radical (unpaired) electrons. The maximum atomic E-state index is 11.0. The van der Waals surface area contributed by atoms with Crippen molar-refractivity contribution < 1.29 is 17.5 Å². The van der Waals surface area contributed by atoms with Crippen molar-refractivity contribution in [2.75, 3.05) is 5.75 Å². The highest BCUT2D eigenvalue weighted by Gasteiger charge is 2.28. The highest BCUT2D eigenvalue weighted by atomic mass is 32.2. The van der Waals surface area contributed by atoms with Gasteiger partial charge >= 0.3 is 0 Å². The lowest BCUT2D eigenvalue weighted by Gasteiger charge is -2.16. The first-order chi connectivity index (χ1) is 12.5. The number of aromatic nitrogens is 2. The molecule has 0 aliphatic heterocycles. The summed E-state index contributed by atoms with van der Waals surface area (Å²) in [6.45, 7) is 0.536. The molecule has 2 aromatic carbocycles. The van der Waals surface area contributed by atoms with Crippen LogP contribution >= 0.6 is 7.92 Å². The van der Waals surface area contributed by atoms with E-state index in [4.69, 9.17) is 4.55 Å². The zero-order chi connectivity index (χ0) is 18.6. The Morgan fingerprint density at radius 2 is 1.54 bits per heavy atom. The van der Waals surface area contributed by atoms with Crippen molar-refractivity contribution in [1.82, 2.24) is 4.57 Å². The second-order valence-electron chi connectivity index (χ2n) is 6.05. The largest absolute Gasteiger partial charge is 0.286 e. The predicted molar refractivity (Wildman–Crippen MR) is 105 cm³/mol. The number of imidazole rings is 1. The maximum absolute atomic E-state index is 11.0. The number of hydrogen-bond donors (Lipinski definition) is 1.